The van der Waals surface area contributed by atoms with E-state index in [1.54, 1.807) is 18.3 Å². The fraction of sp³-hybridized carbons (Fsp3) is 0.111. The second-order valence-electron chi connectivity index (χ2n) is 5.39. The van der Waals surface area contributed by atoms with Crippen LogP contribution in [0.25, 0.3) is 10.9 Å². The monoisotopic (exact) mass is 321 g/mol. The highest BCUT2D eigenvalue weighted by Crippen LogP contribution is 2.30. The third-order valence-electron chi connectivity index (χ3n) is 3.80. The fourth-order valence-corrected chi connectivity index (χ4v) is 2.59. The van der Waals surface area contributed by atoms with Crippen LogP contribution in [0, 0.1) is 0 Å². The van der Waals surface area contributed by atoms with Gasteiger partial charge < -0.3 is 14.5 Å². The van der Waals surface area contributed by atoms with E-state index in [0.29, 0.717) is 11.5 Å². The summed E-state index contributed by atoms with van der Waals surface area (Å²) < 4.78 is 11.2. The topological polar surface area (TPSA) is 75.7 Å². The SMILES string of the molecule is O=C(N/N=C\c1c[nH]c2ccccc12)[C@H]1COc2ccccc2O1. The molecule has 24 heavy (non-hydrogen) atoms. The number of H-pyrrole nitrogens is 1. The Morgan fingerprint density at radius 1 is 1.17 bits per heavy atom. The van der Waals surface area contributed by atoms with Crippen LogP contribution in [-0.2, 0) is 4.79 Å². The maximum Gasteiger partial charge on any atom is 0.284 e. The number of carbonyl (C=O) groups is 1. The number of rotatable bonds is 3. The second-order valence-corrected chi connectivity index (χ2v) is 5.39. The van der Waals surface area contributed by atoms with Crippen LogP contribution in [0.2, 0.25) is 0 Å². The Labute approximate surface area is 138 Å². The zero-order valence-electron chi connectivity index (χ0n) is 12.7. The van der Waals surface area contributed by atoms with E-state index in [9.17, 15) is 4.79 Å². The molecule has 1 atom stereocenters. The average Bonchev–Trinajstić information content (AvgIpc) is 3.04. The molecule has 1 amide bonds. The van der Waals surface area contributed by atoms with Gasteiger partial charge in [0.15, 0.2) is 11.5 Å². The molecule has 2 aromatic carbocycles. The number of aromatic nitrogens is 1. The summed E-state index contributed by atoms with van der Waals surface area (Å²) in [6, 6.07) is 15.1. The van der Waals surface area contributed by atoms with E-state index in [2.05, 4.69) is 15.5 Å². The van der Waals surface area contributed by atoms with E-state index < -0.39 is 6.10 Å². The van der Waals surface area contributed by atoms with Crippen LogP contribution in [0.15, 0.2) is 59.8 Å². The van der Waals surface area contributed by atoms with E-state index in [0.717, 1.165) is 16.5 Å². The standard InChI is InChI=1S/C18H15N3O3/c22-18(17-11-23-15-7-3-4-8-16(15)24-17)21-20-10-12-9-19-14-6-2-1-5-13(12)14/h1-10,17,19H,11H2,(H,21,22)/b20-10-/t17-/m1/s1. The number of para-hydroxylation sites is 3. The molecule has 0 unspecified atom stereocenters. The van der Waals surface area contributed by atoms with Gasteiger partial charge in [0.25, 0.3) is 5.91 Å². The molecule has 3 aromatic rings. The van der Waals surface area contributed by atoms with Gasteiger partial charge >= 0.3 is 0 Å². The molecule has 0 bridgehead atoms. The molecule has 4 rings (SSSR count). The Morgan fingerprint density at radius 3 is 2.88 bits per heavy atom. The number of hydrogen-bond donors (Lipinski definition) is 2. The summed E-state index contributed by atoms with van der Waals surface area (Å²) in [5.74, 6) is 0.856. The number of ether oxygens (including phenoxy) is 2. The number of benzene rings is 2. The summed E-state index contributed by atoms with van der Waals surface area (Å²) in [6.45, 7) is 0.158. The molecule has 0 fully saturated rings. The van der Waals surface area contributed by atoms with Crippen molar-refractivity contribution in [2.45, 2.75) is 6.10 Å². The van der Waals surface area contributed by atoms with Gasteiger partial charge in [-0.3, -0.25) is 4.79 Å². The smallest absolute Gasteiger partial charge is 0.284 e. The summed E-state index contributed by atoms with van der Waals surface area (Å²) in [5, 5.41) is 5.06. The maximum atomic E-state index is 12.2. The summed E-state index contributed by atoms with van der Waals surface area (Å²) in [6.07, 6.45) is 2.73. The lowest BCUT2D eigenvalue weighted by Gasteiger charge is -2.24. The van der Waals surface area contributed by atoms with Gasteiger partial charge in [-0.1, -0.05) is 30.3 Å². The number of amides is 1. The average molecular weight is 321 g/mol. The molecule has 0 saturated heterocycles. The first kappa shape index (κ1) is 14.3. The third kappa shape index (κ3) is 2.69. The van der Waals surface area contributed by atoms with Crippen molar-refractivity contribution in [2.75, 3.05) is 6.61 Å². The molecular weight excluding hydrogens is 306 g/mol. The zero-order valence-corrected chi connectivity index (χ0v) is 12.7. The predicted octanol–water partition coefficient (Wildman–Crippen LogP) is 2.46. The highest BCUT2D eigenvalue weighted by Gasteiger charge is 2.26. The molecule has 1 aliphatic rings. The Bertz CT molecular complexity index is 917. The van der Waals surface area contributed by atoms with Gasteiger partial charge in [0, 0.05) is 22.7 Å². The minimum absolute atomic E-state index is 0.158. The van der Waals surface area contributed by atoms with Crippen LogP contribution in [-0.4, -0.2) is 29.8 Å². The van der Waals surface area contributed by atoms with Gasteiger partial charge in [-0.2, -0.15) is 5.10 Å². The highest BCUT2D eigenvalue weighted by molar-refractivity contribution is 5.99. The Kier molecular flexibility index (Phi) is 3.63. The predicted molar refractivity (Wildman–Crippen MR) is 90.4 cm³/mol. The van der Waals surface area contributed by atoms with Crippen LogP contribution in [0.5, 0.6) is 11.5 Å². The first-order valence-electron chi connectivity index (χ1n) is 7.59. The second kappa shape index (κ2) is 6.08. The number of hydrogen-bond acceptors (Lipinski definition) is 4. The number of carbonyl (C=O) groups excluding carboxylic acids is 1. The van der Waals surface area contributed by atoms with Crippen LogP contribution in [0.1, 0.15) is 5.56 Å². The first-order chi connectivity index (χ1) is 11.8. The molecule has 120 valence electrons. The fourth-order valence-electron chi connectivity index (χ4n) is 2.59. The number of hydrazone groups is 1. The molecule has 6 heteroatoms. The number of nitrogens with one attached hydrogen (secondary N) is 2. The largest absolute Gasteiger partial charge is 0.485 e. The van der Waals surface area contributed by atoms with E-state index in [4.69, 9.17) is 9.47 Å². The molecule has 0 aliphatic carbocycles. The molecule has 1 aliphatic heterocycles. The van der Waals surface area contributed by atoms with Crippen LogP contribution >= 0.6 is 0 Å². The molecule has 0 saturated carbocycles. The lowest BCUT2D eigenvalue weighted by atomic mass is 10.2. The van der Waals surface area contributed by atoms with Crippen LogP contribution < -0.4 is 14.9 Å². The molecule has 0 radical (unpaired) electrons. The maximum absolute atomic E-state index is 12.2. The normalized spacial score (nSPS) is 16.4. The summed E-state index contributed by atoms with van der Waals surface area (Å²) in [4.78, 5) is 15.3. The molecule has 6 nitrogen and oxygen atoms in total. The third-order valence-corrected chi connectivity index (χ3v) is 3.80. The first-order valence-corrected chi connectivity index (χ1v) is 7.59. The van der Waals surface area contributed by atoms with Crippen molar-refractivity contribution in [3.8, 4) is 11.5 Å². The lowest BCUT2D eigenvalue weighted by molar-refractivity contribution is -0.130. The van der Waals surface area contributed by atoms with Crippen molar-refractivity contribution in [2.24, 2.45) is 5.10 Å². The van der Waals surface area contributed by atoms with Crippen LogP contribution in [0.4, 0.5) is 0 Å². The van der Waals surface area contributed by atoms with Crippen molar-refractivity contribution in [1.29, 1.82) is 0 Å². The van der Waals surface area contributed by atoms with E-state index >= 15 is 0 Å². The van der Waals surface area contributed by atoms with E-state index in [-0.39, 0.29) is 12.5 Å². The quantitative estimate of drug-likeness (QED) is 0.575. The Morgan fingerprint density at radius 2 is 1.96 bits per heavy atom. The lowest BCUT2D eigenvalue weighted by Crippen LogP contribution is -2.42. The van der Waals surface area contributed by atoms with Gasteiger partial charge in [0.1, 0.15) is 6.61 Å². The van der Waals surface area contributed by atoms with Crippen molar-refractivity contribution < 1.29 is 14.3 Å². The van der Waals surface area contributed by atoms with E-state index in [1.807, 2.05) is 42.6 Å². The molecular formula is C18H15N3O3. The van der Waals surface area contributed by atoms with Crippen molar-refractivity contribution in [3.05, 3.63) is 60.3 Å². The van der Waals surface area contributed by atoms with Gasteiger partial charge in [-0.05, 0) is 18.2 Å². The number of nitrogens with zero attached hydrogens (tertiary/aromatic N) is 1. The van der Waals surface area contributed by atoms with Crippen molar-refractivity contribution >= 4 is 23.0 Å². The zero-order chi connectivity index (χ0) is 16.4. The van der Waals surface area contributed by atoms with Crippen LogP contribution in [0.3, 0.4) is 0 Å². The van der Waals surface area contributed by atoms with Crippen molar-refractivity contribution in [3.63, 3.8) is 0 Å². The van der Waals surface area contributed by atoms with Gasteiger partial charge in [0.2, 0.25) is 6.10 Å². The Hall–Kier alpha value is -3.28. The molecule has 2 N–H and O–H groups in total. The van der Waals surface area contributed by atoms with E-state index in [1.165, 1.54) is 0 Å². The summed E-state index contributed by atoms with van der Waals surface area (Å²) in [7, 11) is 0. The van der Waals surface area contributed by atoms with Crippen molar-refractivity contribution in [1.82, 2.24) is 10.4 Å². The Balaban J connectivity index is 1.42. The highest BCUT2D eigenvalue weighted by atomic mass is 16.6. The van der Waals surface area contributed by atoms with Gasteiger partial charge in [0.05, 0.1) is 6.21 Å². The summed E-state index contributed by atoms with van der Waals surface area (Å²) in [5.41, 5.74) is 4.42. The summed E-state index contributed by atoms with van der Waals surface area (Å²) >= 11 is 0. The van der Waals surface area contributed by atoms with Gasteiger partial charge in [-0.25, -0.2) is 5.43 Å². The molecule has 1 aromatic heterocycles. The van der Waals surface area contributed by atoms with Gasteiger partial charge in [-0.15, -0.1) is 0 Å². The number of aromatic amines is 1. The minimum Gasteiger partial charge on any atom is -0.485 e. The molecule has 2 heterocycles. The molecule has 0 spiro atoms. The number of fused-ring (bicyclic) bond motifs is 2. The minimum atomic E-state index is -0.722.